The summed E-state index contributed by atoms with van der Waals surface area (Å²) in [5, 5.41) is 11.6. The number of rotatable bonds is 2. The van der Waals surface area contributed by atoms with E-state index >= 15 is 0 Å². The summed E-state index contributed by atoms with van der Waals surface area (Å²) in [5.41, 5.74) is 4.07. The molecule has 0 aromatic heterocycles. The van der Waals surface area contributed by atoms with Crippen molar-refractivity contribution < 1.29 is 9.90 Å². The van der Waals surface area contributed by atoms with Crippen LogP contribution in [0.25, 0.3) is 0 Å². The Morgan fingerprint density at radius 1 is 1.39 bits per heavy atom. The molecule has 1 aliphatic rings. The zero-order valence-corrected chi connectivity index (χ0v) is 11.3. The van der Waals surface area contributed by atoms with E-state index in [0.717, 1.165) is 10.9 Å². The molecule has 2 rings (SSSR count). The number of benzene rings is 1. The lowest BCUT2D eigenvalue weighted by Crippen LogP contribution is -2.44. The number of aromatic carboxylic acids is 1. The summed E-state index contributed by atoms with van der Waals surface area (Å²) < 4.78 is 0. The Morgan fingerprint density at radius 2 is 2.00 bits per heavy atom. The summed E-state index contributed by atoms with van der Waals surface area (Å²) in [7, 11) is 0. The SMILES string of the molecule is CSC1=NC(C)(C)NN1c1ccc(C(=O)O)cc1. The van der Waals surface area contributed by atoms with Crippen molar-refractivity contribution in [3.8, 4) is 0 Å². The third kappa shape index (κ3) is 2.49. The second-order valence-corrected chi connectivity index (χ2v) is 5.23. The van der Waals surface area contributed by atoms with Crippen LogP contribution in [0, 0.1) is 0 Å². The Labute approximate surface area is 110 Å². The first-order chi connectivity index (χ1) is 8.43. The Hall–Kier alpha value is -1.53. The van der Waals surface area contributed by atoms with E-state index in [2.05, 4.69) is 10.4 Å². The third-order valence-corrected chi connectivity index (χ3v) is 3.15. The number of nitrogens with zero attached hydrogens (tertiary/aromatic N) is 2. The molecule has 0 saturated heterocycles. The van der Waals surface area contributed by atoms with Gasteiger partial charge in [-0.2, -0.15) is 0 Å². The van der Waals surface area contributed by atoms with Gasteiger partial charge in [0.2, 0.25) is 0 Å². The molecule has 0 bridgehead atoms. The first-order valence-corrected chi connectivity index (χ1v) is 6.70. The fraction of sp³-hybridized carbons (Fsp3) is 0.333. The van der Waals surface area contributed by atoms with Gasteiger partial charge < -0.3 is 5.11 Å². The standard InChI is InChI=1S/C12H15N3O2S/c1-12(2)13-11(18-3)15(14-12)9-6-4-8(5-7-9)10(16)17/h4-7,14H,1-3H3,(H,16,17). The Morgan fingerprint density at radius 3 is 2.50 bits per heavy atom. The average Bonchev–Trinajstić information content (AvgIpc) is 2.65. The average molecular weight is 265 g/mol. The van der Waals surface area contributed by atoms with E-state index in [-0.39, 0.29) is 11.2 Å². The molecule has 0 saturated carbocycles. The molecule has 0 atom stereocenters. The van der Waals surface area contributed by atoms with Gasteiger partial charge in [-0.1, -0.05) is 11.8 Å². The predicted molar refractivity (Wildman–Crippen MR) is 74.0 cm³/mol. The minimum absolute atomic E-state index is 0.278. The van der Waals surface area contributed by atoms with Gasteiger partial charge in [-0.3, -0.25) is 5.01 Å². The van der Waals surface area contributed by atoms with E-state index in [1.807, 2.05) is 25.1 Å². The predicted octanol–water partition coefficient (Wildman–Crippen LogP) is 2.16. The molecule has 1 heterocycles. The normalized spacial score (nSPS) is 17.7. The van der Waals surface area contributed by atoms with Gasteiger partial charge in [-0.25, -0.2) is 15.2 Å². The van der Waals surface area contributed by atoms with Crippen molar-refractivity contribution >= 4 is 28.6 Å². The molecular formula is C12H15N3O2S. The van der Waals surface area contributed by atoms with Crippen molar-refractivity contribution in [2.45, 2.75) is 19.5 Å². The second-order valence-electron chi connectivity index (χ2n) is 4.46. The van der Waals surface area contributed by atoms with Gasteiger partial charge in [0.05, 0.1) is 11.3 Å². The van der Waals surface area contributed by atoms with Gasteiger partial charge in [-0.15, -0.1) is 0 Å². The summed E-state index contributed by atoms with van der Waals surface area (Å²) in [6.45, 7) is 3.96. The fourth-order valence-electron chi connectivity index (χ4n) is 1.70. The van der Waals surface area contributed by atoms with Gasteiger partial charge >= 0.3 is 5.97 Å². The summed E-state index contributed by atoms with van der Waals surface area (Å²) in [6.07, 6.45) is 1.96. The fourth-order valence-corrected chi connectivity index (χ4v) is 2.35. The first kappa shape index (κ1) is 12.9. The van der Waals surface area contributed by atoms with Crippen LogP contribution in [0.4, 0.5) is 5.69 Å². The lowest BCUT2D eigenvalue weighted by atomic mass is 10.2. The van der Waals surface area contributed by atoms with E-state index in [0.29, 0.717) is 0 Å². The highest BCUT2D eigenvalue weighted by Crippen LogP contribution is 2.25. The molecule has 1 aliphatic heterocycles. The number of thioether (sulfide) groups is 1. The Bertz CT molecular complexity index is 497. The zero-order valence-electron chi connectivity index (χ0n) is 10.5. The molecule has 1 aromatic carbocycles. The van der Waals surface area contributed by atoms with Crippen molar-refractivity contribution in [2.24, 2.45) is 4.99 Å². The van der Waals surface area contributed by atoms with Crippen molar-refractivity contribution in [2.75, 3.05) is 11.3 Å². The van der Waals surface area contributed by atoms with Gasteiger partial charge in [0.15, 0.2) is 5.17 Å². The van der Waals surface area contributed by atoms with Crippen molar-refractivity contribution in [1.29, 1.82) is 0 Å². The van der Waals surface area contributed by atoms with Gasteiger partial charge in [0.1, 0.15) is 5.66 Å². The first-order valence-electron chi connectivity index (χ1n) is 5.48. The van der Waals surface area contributed by atoms with Crippen LogP contribution in [0.5, 0.6) is 0 Å². The quantitative estimate of drug-likeness (QED) is 0.858. The number of hydrogen-bond acceptors (Lipinski definition) is 5. The molecule has 1 aromatic rings. The zero-order chi connectivity index (χ0) is 13.3. The van der Waals surface area contributed by atoms with Gasteiger partial charge in [0, 0.05) is 0 Å². The van der Waals surface area contributed by atoms with Crippen LogP contribution in [0.1, 0.15) is 24.2 Å². The second kappa shape index (κ2) is 4.62. The summed E-state index contributed by atoms with van der Waals surface area (Å²) in [5.74, 6) is -0.921. The minimum atomic E-state index is -0.921. The lowest BCUT2D eigenvalue weighted by molar-refractivity contribution is 0.0697. The number of anilines is 1. The number of carboxylic acids is 1. The lowest BCUT2D eigenvalue weighted by Gasteiger charge is -2.23. The highest BCUT2D eigenvalue weighted by Gasteiger charge is 2.30. The molecule has 0 radical (unpaired) electrons. The molecule has 5 nitrogen and oxygen atoms in total. The number of carboxylic acid groups (broad SMARTS) is 1. The minimum Gasteiger partial charge on any atom is -0.478 e. The van der Waals surface area contributed by atoms with Crippen LogP contribution < -0.4 is 10.4 Å². The summed E-state index contributed by atoms with van der Waals surface area (Å²) in [6, 6.07) is 6.71. The van der Waals surface area contributed by atoms with Crippen LogP contribution in [0.3, 0.4) is 0 Å². The number of amidine groups is 1. The third-order valence-electron chi connectivity index (χ3n) is 2.51. The smallest absolute Gasteiger partial charge is 0.335 e. The number of aliphatic imine (C=N–C) groups is 1. The van der Waals surface area contributed by atoms with Crippen molar-refractivity contribution in [3.63, 3.8) is 0 Å². The Kier molecular flexibility index (Phi) is 3.32. The molecule has 0 spiro atoms. The van der Waals surface area contributed by atoms with Crippen molar-refractivity contribution in [3.05, 3.63) is 29.8 Å². The molecule has 0 aliphatic carbocycles. The van der Waals surface area contributed by atoms with Gasteiger partial charge in [0.25, 0.3) is 0 Å². The highest BCUT2D eigenvalue weighted by atomic mass is 32.2. The molecule has 6 heteroatoms. The number of carbonyl (C=O) groups is 1. The molecule has 0 unspecified atom stereocenters. The van der Waals surface area contributed by atoms with Crippen LogP contribution >= 0.6 is 11.8 Å². The molecular weight excluding hydrogens is 250 g/mol. The van der Waals surface area contributed by atoms with E-state index < -0.39 is 5.97 Å². The van der Waals surface area contributed by atoms with Crippen molar-refractivity contribution in [1.82, 2.24) is 5.43 Å². The molecule has 2 N–H and O–H groups in total. The molecule has 96 valence electrons. The molecule has 0 fully saturated rings. The largest absolute Gasteiger partial charge is 0.478 e. The number of hydrogen-bond donors (Lipinski definition) is 2. The summed E-state index contributed by atoms with van der Waals surface area (Å²) in [4.78, 5) is 15.3. The number of nitrogens with one attached hydrogen (secondary N) is 1. The van der Waals surface area contributed by atoms with Gasteiger partial charge in [-0.05, 0) is 44.4 Å². The highest BCUT2D eigenvalue weighted by molar-refractivity contribution is 8.13. The summed E-state index contributed by atoms with van der Waals surface area (Å²) >= 11 is 1.55. The van der Waals surface area contributed by atoms with E-state index in [1.165, 1.54) is 0 Å². The van der Waals surface area contributed by atoms with E-state index in [4.69, 9.17) is 5.11 Å². The number of hydrazine groups is 1. The maximum atomic E-state index is 10.8. The molecule has 18 heavy (non-hydrogen) atoms. The van der Waals surface area contributed by atoms with Crippen LogP contribution in [0.15, 0.2) is 29.3 Å². The van der Waals surface area contributed by atoms with Crippen LogP contribution in [-0.4, -0.2) is 28.2 Å². The maximum Gasteiger partial charge on any atom is 0.335 e. The van der Waals surface area contributed by atoms with Crippen LogP contribution in [-0.2, 0) is 0 Å². The van der Waals surface area contributed by atoms with E-state index in [9.17, 15) is 4.79 Å². The van der Waals surface area contributed by atoms with Crippen LogP contribution in [0.2, 0.25) is 0 Å². The topological polar surface area (TPSA) is 64.9 Å². The molecule has 0 amide bonds. The Balaban J connectivity index is 2.27. The monoisotopic (exact) mass is 265 g/mol. The van der Waals surface area contributed by atoms with E-state index in [1.54, 1.807) is 36.0 Å². The maximum absolute atomic E-state index is 10.8.